The monoisotopic (exact) mass is 279 g/mol. The maximum Gasteiger partial charge on any atom is 0.139 e. The molecule has 0 spiro atoms. The Morgan fingerprint density at radius 2 is 2.05 bits per heavy atom. The minimum absolute atomic E-state index is 0.696. The summed E-state index contributed by atoms with van der Waals surface area (Å²) < 4.78 is 7.56. The Hall–Kier alpha value is -2.49. The van der Waals surface area contributed by atoms with Crippen LogP contribution in [-0.4, -0.2) is 16.0 Å². The Balaban J connectivity index is 1.94. The normalized spacial score (nSPS) is 13.4. The number of aryl methyl sites for hydroxylation is 2. The van der Waals surface area contributed by atoms with E-state index in [9.17, 15) is 0 Å². The summed E-state index contributed by atoms with van der Waals surface area (Å²) in [5.41, 5.74) is 12.7. The summed E-state index contributed by atoms with van der Waals surface area (Å²) in [5.74, 6) is 1.68. The van der Waals surface area contributed by atoms with E-state index < -0.39 is 0 Å². The number of nitrogens with zero attached hydrogens (tertiary/aromatic N) is 2. The van der Waals surface area contributed by atoms with Crippen LogP contribution in [0.3, 0.4) is 0 Å². The number of hydrogen-bond acceptors (Lipinski definition) is 3. The van der Waals surface area contributed by atoms with Gasteiger partial charge in [-0.15, -0.1) is 0 Å². The van der Waals surface area contributed by atoms with Crippen LogP contribution in [0.1, 0.15) is 16.8 Å². The Morgan fingerprint density at radius 3 is 2.90 bits per heavy atom. The molecule has 0 fully saturated rings. The molecule has 4 heteroatoms. The van der Waals surface area contributed by atoms with E-state index in [1.54, 1.807) is 0 Å². The van der Waals surface area contributed by atoms with Crippen LogP contribution in [0.4, 0.5) is 5.82 Å². The van der Waals surface area contributed by atoms with E-state index in [2.05, 4.69) is 32.0 Å². The van der Waals surface area contributed by atoms with Crippen molar-refractivity contribution < 1.29 is 4.74 Å². The van der Waals surface area contributed by atoms with E-state index in [0.29, 0.717) is 5.82 Å². The van der Waals surface area contributed by atoms with Gasteiger partial charge in [-0.3, -0.25) is 4.40 Å². The van der Waals surface area contributed by atoms with Gasteiger partial charge in [0, 0.05) is 17.7 Å². The number of fused-ring (bicyclic) bond motifs is 2. The standard InChI is InChI=1S/C17H17N3O/c1-10-7-11(2)20-15(8-10)19-16(17(20)18)13-3-4-14-12(9-13)5-6-21-14/h3-4,7-9H,5-6,18H2,1-2H3. The number of anilines is 1. The van der Waals surface area contributed by atoms with Crippen molar-refractivity contribution in [2.45, 2.75) is 20.3 Å². The molecule has 0 amide bonds. The zero-order valence-corrected chi connectivity index (χ0v) is 12.2. The summed E-state index contributed by atoms with van der Waals surface area (Å²) in [6, 6.07) is 10.4. The predicted octanol–water partition coefficient (Wildman–Crippen LogP) is 3.14. The van der Waals surface area contributed by atoms with Crippen LogP contribution in [0.15, 0.2) is 30.3 Å². The zero-order valence-electron chi connectivity index (χ0n) is 12.2. The second-order valence-corrected chi connectivity index (χ2v) is 5.63. The van der Waals surface area contributed by atoms with Crippen molar-refractivity contribution in [3.05, 3.63) is 47.2 Å². The zero-order chi connectivity index (χ0) is 14.6. The summed E-state index contributed by atoms with van der Waals surface area (Å²) in [7, 11) is 0. The number of imidazole rings is 1. The highest BCUT2D eigenvalue weighted by Crippen LogP contribution is 2.33. The first kappa shape index (κ1) is 12.3. The van der Waals surface area contributed by atoms with E-state index >= 15 is 0 Å². The predicted molar refractivity (Wildman–Crippen MR) is 83.7 cm³/mol. The van der Waals surface area contributed by atoms with Crippen molar-refractivity contribution >= 4 is 11.5 Å². The molecule has 106 valence electrons. The summed E-state index contributed by atoms with van der Waals surface area (Å²) >= 11 is 0. The molecule has 21 heavy (non-hydrogen) atoms. The van der Waals surface area contributed by atoms with Crippen molar-refractivity contribution in [2.75, 3.05) is 12.3 Å². The van der Waals surface area contributed by atoms with Gasteiger partial charge in [-0.05, 0) is 55.3 Å². The van der Waals surface area contributed by atoms with Crippen molar-refractivity contribution in [3.8, 4) is 17.0 Å². The molecule has 0 saturated heterocycles. The first-order valence-corrected chi connectivity index (χ1v) is 7.15. The lowest BCUT2D eigenvalue weighted by atomic mass is 10.1. The second-order valence-electron chi connectivity index (χ2n) is 5.63. The lowest BCUT2D eigenvalue weighted by molar-refractivity contribution is 0.357. The van der Waals surface area contributed by atoms with Gasteiger partial charge in [-0.1, -0.05) is 0 Å². The molecule has 1 aliphatic heterocycles. The fourth-order valence-electron chi connectivity index (χ4n) is 3.10. The number of pyridine rings is 1. The average Bonchev–Trinajstić information content (AvgIpc) is 3.02. The quantitative estimate of drug-likeness (QED) is 0.744. The van der Waals surface area contributed by atoms with Crippen LogP contribution in [0.2, 0.25) is 0 Å². The molecule has 2 N–H and O–H groups in total. The van der Waals surface area contributed by atoms with Crippen LogP contribution in [-0.2, 0) is 6.42 Å². The van der Waals surface area contributed by atoms with Crippen LogP contribution in [0.5, 0.6) is 5.75 Å². The molecule has 4 nitrogen and oxygen atoms in total. The van der Waals surface area contributed by atoms with Gasteiger partial charge < -0.3 is 10.5 Å². The molecule has 1 aliphatic rings. The molecule has 0 bridgehead atoms. The smallest absolute Gasteiger partial charge is 0.139 e. The van der Waals surface area contributed by atoms with Gasteiger partial charge in [-0.2, -0.15) is 0 Å². The molecule has 0 atom stereocenters. The third-order valence-electron chi connectivity index (χ3n) is 4.05. The van der Waals surface area contributed by atoms with Crippen molar-refractivity contribution in [1.82, 2.24) is 9.38 Å². The summed E-state index contributed by atoms with van der Waals surface area (Å²) in [6.45, 7) is 4.89. The average molecular weight is 279 g/mol. The lowest BCUT2D eigenvalue weighted by Gasteiger charge is -2.05. The molecule has 0 aliphatic carbocycles. The second kappa shape index (κ2) is 4.25. The van der Waals surface area contributed by atoms with Gasteiger partial charge in [0.15, 0.2) is 0 Å². The van der Waals surface area contributed by atoms with Crippen molar-refractivity contribution in [1.29, 1.82) is 0 Å². The van der Waals surface area contributed by atoms with Crippen LogP contribution < -0.4 is 10.5 Å². The topological polar surface area (TPSA) is 52.5 Å². The number of rotatable bonds is 1. The molecule has 0 radical (unpaired) electrons. The van der Waals surface area contributed by atoms with Gasteiger partial charge in [0.2, 0.25) is 0 Å². The van der Waals surface area contributed by atoms with Gasteiger partial charge >= 0.3 is 0 Å². The highest BCUT2D eigenvalue weighted by Gasteiger charge is 2.17. The molecule has 3 heterocycles. The van der Waals surface area contributed by atoms with Crippen LogP contribution in [0.25, 0.3) is 16.9 Å². The molecule has 2 aromatic heterocycles. The summed E-state index contributed by atoms with van der Waals surface area (Å²) in [5, 5.41) is 0. The first-order chi connectivity index (χ1) is 10.1. The van der Waals surface area contributed by atoms with E-state index in [4.69, 9.17) is 15.5 Å². The van der Waals surface area contributed by atoms with Crippen LogP contribution >= 0.6 is 0 Å². The molecule has 0 saturated carbocycles. The number of hydrogen-bond donors (Lipinski definition) is 1. The highest BCUT2D eigenvalue weighted by atomic mass is 16.5. The Bertz CT molecular complexity index is 864. The first-order valence-electron chi connectivity index (χ1n) is 7.15. The van der Waals surface area contributed by atoms with E-state index in [1.807, 2.05) is 16.5 Å². The summed E-state index contributed by atoms with van der Waals surface area (Å²) in [6.07, 6.45) is 0.953. The maximum absolute atomic E-state index is 6.34. The third kappa shape index (κ3) is 1.79. The fraction of sp³-hybridized carbons (Fsp3) is 0.235. The minimum Gasteiger partial charge on any atom is -0.493 e. The minimum atomic E-state index is 0.696. The summed E-state index contributed by atoms with van der Waals surface area (Å²) in [4.78, 5) is 4.73. The van der Waals surface area contributed by atoms with Crippen molar-refractivity contribution in [3.63, 3.8) is 0 Å². The largest absolute Gasteiger partial charge is 0.493 e. The van der Waals surface area contributed by atoms with Gasteiger partial charge in [0.05, 0.1) is 6.61 Å². The number of ether oxygens (including phenoxy) is 1. The number of nitrogens with two attached hydrogens (primary N) is 1. The van der Waals surface area contributed by atoms with Gasteiger partial charge in [-0.25, -0.2) is 4.98 Å². The SMILES string of the molecule is Cc1cc(C)n2c(N)c(-c3ccc4c(c3)CCO4)nc2c1. The number of benzene rings is 1. The lowest BCUT2D eigenvalue weighted by Crippen LogP contribution is -1.98. The molecular formula is C17H17N3O. The van der Waals surface area contributed by atoms with Gasteiger partial charge in [0.1, 0.15) is 22.9 Å². The van der Waals surface area contributed by atoms with Crippen LogP contribution in [0, 0.1) is 13.8 Å². The van der Waals surface area contributed by atoms with Gasteiger partial charge in [0.25, 0.3) is 0 Å². The number of nitrogen functional groups attached to an aromatic ring is 1. The molecule has 3 aromatic rings. The molecular weight excluding hydrogens is 262 g/mol. The number of aromatic nitrogens is 2. The Kier molecular flexibility index (Phi) is 2.48. The van der Waals surface area contributed by atoms with E-state index in [0.717, 1.165) is 41.4 Å². The third-order valence-corrected chi connectivity index (χ3v) is 4.05. The Morgan fingerprint density at radius 1 is 1.19 bits per heavy atom. The molecule has 0 unspecified atom stereocenters. The molecule has 4 rings (SSSR count). The molecule has 1 aromatic carbocycles. The Labute approximate surface area is 123 Å². The fourth-order valence-corrected chi connectivity index (χ4v) is 3.10. The maximum atomic E-state index is 6.34. The van der Waals surface area contributed by atoms with E-state index in [1.165, 1.54) is 11.1 Å². The van der Waals surface area contributed by atoms with E-state index in [-0.39, 0.29) is 0 Å². The highest BCUT2D eigenvalue weighted by molar-refractivity contribution is 5.76. The van der Waals surface area contributed by atoms with Crippen molar-refractivity contribution in [2.24, 2.45) is 0 Å².